The van der Waals surface area contributed by atoms with Crippen LogP contribution in [0.2, 0.25) is 0 Å². The smallest absolute Gasteiger partial charge is 0.308 e. The van der Waals surface area contributed by atoms with Crippen molar-refractivity contribution in [3.05, 3.63) is 59.7 Å². The molecule has 3 rings (SSSR count). The number of para-hydroxylation sites is 1. The molecule has 1 atom stereocenters. The number of phenolic OH excluding ortho intramolecular Hbond substituents is 1. The first kappa shape index (κ1) is 20.1. The number of hydrogen-bond donors (Lipinski definition) is 1. The second kappa shape index (κ2) is 8.18. The number of ketones is 1. The van der Waals surface area contributed by atoms with Crippen LogP contribution in [0, 0.1) is 0 Å². The van der Waals surface area contributed by atoms with Gasteiger partial charge in [0.15, 0.2) is 5.78 Å². The van der Waals surface area contributed by atoms with Crippen LogP contribution >= 0.6 is 0 Å². The highest BCUT2D eigenvalue weighted by atomic mass is 16.5. The Bertz CT molecular complexity index is 1010. The van der Waals surface area contributed by atoms with E-state index in [4.69, 9.17) is 14.2 Å². The highest BCUT2D eigenvalue weighted by molar-refractivity contribution is 6.03. The zero-order valence-electron chi connectivity index (χ0n) is 16.1. The van der Waals surface area contributed by atoms with Crippen molar-refractivity contribution in [3.8, 4) is 23.0 Å². The summed E-state index contributed by atoms with van der Waals surface area (Å²) in [6, 6.07) is 8.15. The fourth-order valence-electron chi connectivity index (χ4n) is 3.25. The number of rotatable bonds is 5. The number of Topliss-reactive ketones (excluding diaryl/α,β-unsaturated/α-hetero) is 1. The van der Waals surface area contributed by atoms with Crippen LogP contribution in [0.5, 0.6) is 23.0 Å². The zero-order chi connectivity index (χ0) is 21.1. The maximum atomic E-state index is 12.8. The molecule has 1 N–H and O–H groups in total. The third kappa shape index (κ3) is 4.13. The van der Waals surface area contributed by atoms with Crippen LogP contribution in [0.1, 0.15) is 47.9 Å². The van der Waals surface area contributed by atoms with E-state index in [-0.39, 0.29) is 52.7 Å². The van der Waals surface area contributed by atoms with Crippen molar-refractivity contribution in [1.29, 1.82) is 0 Å². The minimum Gasteiger partial charge on any atom is -0.507 e. The van der Waals surface area contributed by atoms with Crippen LogP contribution in [0.4, 0.5) is 0 Å². The highest BCUT2D eigenvalue weighted by Crippen LogP contribution is 2.46. The molecule has 2 aromatic rings. The first-order chi connectivity index (χ1) is 13.8. The number of carbonyl (C=O) groups is 3. The van der Waals surface area contributed by atoms with Gasteiger partial charge in [-0.1, -0.05) is 24.3 Å². The lowest BCUT2D eigenvalue weighted by Crippen LogP contribution is -2.22. The second-order valence-electron chi connectivity index (χ2n) is 6.53. The topological polar surface area (TPSA) is 99.1 Å². The van der Waals surface area contributed by atoms with Crippen LogP contribution in [-0.2, 0) is 16.0 Å². The molecule has 0 saturated heterocycles. The predicted octanol–water partition coefficient (Wildman–Crippen LogP) is 3.68. The predicted molar refractivity (Wildman–Crippen MR) is 103 cm³/mol. The summed E-state index contributed by atoms with van der Waals surface area (Å²) in [5, 5.41) is 10.7. The summed E-state index contributed by atoms with van der Waals surface area (Å²) in [6.45, 7) is 6.14. The SMILES string of the molecule is C=CCc1c(OC(C)=O)cc2c(c1O)C(=O)CC(c1ccccc1OC(C)=O)O2. The lowest BCUT2D eigenvalue weighted by Gasteiger charge is -2.28. The van der Waals surface area contributed by atoms with E-state index < -0.39 is 18.0 Å². The number of allylic oxidation sites excluding steroid dienone is 1. The molecule has 7 heteroatoms. The maximum Gasteiger partial charge on any atom is 0.308 e. The van der Waals surface area contributed by atoms with Gasteiger partial charge < -0.3 is 19.3 Å². The molecule has 0 aromatic heterocycles. The number of hydrogen-bond acceptors (Lipinski definition) is 7. The normalized spacial score (nSPS) is 15.1. The Balaban J connectivity index is 2.07. The number of esters is 2. The maximum absolute atomic E-state index is 12.8. The number of aromatic hydroxyl groups is 1. The van der Waals surface area contributed by atoms with Crippen molar-refractivity contribution in [2.24, 2.45) is 0 Å². The number of benzene rings is 2. The fourth-order valence-corrected chi connectivity index (χ4v) is 3.25. The Morgan fingerprint density at radius 3 is 2.52 bits per heavy atom. The van der Waals surface area contributed by atoms with Gasteiger partial charge in [-0.25, -0.2) is 0 Å². The molecular weight excluding hydrogens is 376 g/mol. The number of ether oxygens (including phenoxy) is 3. The van der Waals surface area contributed by atoms with Crippen LogP contribution in [-0.4, -0.2) is 22.8 Å². The summed E-state index contributed by atoms with van der Waals surface area (Å²) < 4.78 is 16.4. The third-order valence-corrected chi connectivity index (χ3v) is 4.37. The van der Waals surface area contributed by atoms with Gasteiger partial charge >= 0.3 is 11.9 Å². The quantitative estimate of drug-likeness (QED) is 0.468. The van der Waals surface area contributed by atoms with Gasteiger partial charge in [-0.15, -0.1) is 6.58 Å². The average molecular weight is 396 g/mol. The fraction of sp³-hybridized carbons (Fsp3) is 0.227. The van der Waals surface area contributed by atoms with E-state index in [2.05, 4.69) is 6.58 Å². The van der Waals surface area contributed by atoms with Crippen molar-refractivity contribution >= 4 is 17.7 Å². The minimum atomic E-state index is -0.736. The molecule has 1 unspecified atom stereocenters. The first-order valence-corrected chi connectivity index (χ1v) is 8.97. The molecule has 0 aliphatic carbocycles. The molecule has 2 aromatic carbocycles. The van der Waals surface area contributed by atoms with Crippen molar-refractivity contribution in [1.82, 2.24) is 0 Å². The summed E-state index contributed by atoms with van der Waals surface area (Å²) in [4.78, 5) is 35.7. The summed E-state index contributed by atoms with van der Waals surface area (Å²) in [5.41, 5.74) is 0.828. The van der Waals surface area contributed by atoms with Crippen LogP contribution in [0.25, 0.3) is 0 Å². The van der Waals surface area contributed by atoms with Gasteiger partial charge in [-0.2, -0.15) is 0 Å². The molecule has 1 aliphatic rings. The van der Waals surface area contributed by atoms with Gasteiger partial charge in [-0.05, 0) is 12.5 Å². The molecule has 0 spiro atoms. The van der Waals surface area contributed by atoms with Crippen LogP contribution in [0.3, 0.4) is 0 Å². The van der Waals surface area contributed by atoms with E-state index in [0.29, 0.717) is 5.56 Å². The van der Waals surface area contributed by atoms with E-state index in [1.807, 2.05) is 0 Å². The van der Waals surface area contributed by atoms with Crippen molar-refractivity contribution < 1.29 is 33.7 Å². The van der Waals surface area contributed by atoms with Crippen LogP contribution in [0.15, 0.2) is 43.0 Å². The van der Waals surface area contributed by atoms with Crippen molar-refractivity contribution in [2.75, 3.05) is 0 Å². The Morgan fingerprint density at radius 1 is 1.21 bits per heavy atom. The monoisotopic (exact) mass is 396 g/mol. The van der Waals surface area contributed by atoms with E-state index in [0.717, 1.165) is 0 Å². The first-order valence-electron chi connectivity index (χ1n) is 8.97. The zero-order valence-corrected chi connectivity index (χ0v) is 16.1. The summed E-state index contributed by atoms with van der Waals surface area (Å²) in [6.07, 6.45) is 0.939. The van der Waals surface area contributed by atoms with Gasteiger partial charge in [0.1, 0.15) is 34.7 Å². The molecule has 0 fully saturated rings. The molecular formula is C22H20O7. The third-order valence-electron chi connectivity index (χ3n) is 4.37. The standard InChI is InChI=1S/C22H20O7/c1-4-7-15-19(28-13(3)24)11-20-21(22(15)26)16(25)10-18(29-20)14-8-5-6-9-17(14)27-12(2)23/h4-6,8-9,11,18,26H,1,7,10H2,2-3H3. The van der Waals surface area contributed by atoms with Crippen molar-refractivity contribution in [3.63, 3.8) is 0 Å². The number of phenols is 1. The molecule has 0 bridgehead atoms. The largest absolute Gasteiger partial charge is 0.507 e. The van der Waals surface area contributed by atoms with Gasteiger partial charge in [0.05, 0.1) is 6.42 Å². The minimum absolute atomic E-state index is 0.0268. The van der Waals surface area contributed by atoms with E-state index in [1.165, 1.54) is 26.0 Å². The van der Waals surface area contributed by atoms with Gasteiger partial charge in [0.25, 0.3) is 0 Å². The molecule has 29 heavy (non-hydrogen) atoms. The summed E-state index contributed by atoms with van der Waals surface area (Å²) in [5.74, 6) is -1.24. The van der Waals surface area contributed by atoms with E-state index >= 15 is 0 Å². The summed E-state index contributed by atoms with van der Waals surface area (Å²) >= 11 is 0. The van der Waals surface area contributed by atoms with Crippen LogP contribution < -0.4 is 14.2 Å². The van der Waals surface area contributed by atoms with Gasteiger partial charge in [0.2, 0.25) is 0 Å². The number of fused-ring (bicyclic) bond motifs is 1. The van der Waals surface area contributed by atoms with Gasteiger partial charge in [-0.3, -0.25) is 14.4 Å². The Morgan fingerprint density at radius 2 is 1.86 bits per heavy atom. The van der Waals surface area contributed by atoms with E-state index in [9.17, 15) is 19.5 Å². The van der Waals surface area contributed by atoms with Gasteiger partial charge in [0, 0.05) is 31.0 Å². The lowest BCUT2D eigenvalue weighted by atomic mass is 9.92. The molecule has 7 nitrogen and oxygen atoms in total. The lowest BCUT2D eigenvalue weighted by molar-refractivity contribution is -0.132. The molecule has 150 valence electrons. The highest BCUT2D eigenvalue weighted by Gasteiger charge is 2.34. The average Bonchev–Trinajstić information content (AvgIpc) is 2.64. The molecule has 1 heterocycles. The molecule has 1 aliphatic heterocycles. The Kier molecular flexibility index (Phi) is 5.68. The second-order valence-corrected chi connectivity index (χ2v) is 6.53. The summed E-state index contributed by atoms with van der Waals surface area (Å²) in [7, 11) is 0. The molecule has 0 amide bonds. The van der Waals surface area contributed by atoms with E-state index in [1.54, 1.807) is 24.3 Å². The molecule has 0 saturated carbocycles. The van der Waals surface area contributed by atoms with Crippen molar-refractivity contribution in [2.45, 2.75) is 32.8 Å². The molecule has 0 radical (unpaired) electrons. The Hall–Kier alpha value is -3.61. The Labute approximate surface area is 167 Å². The number of carbonyl (C=O) groups excluding carboxylic acids is 3.